The average Bonchev–Trinajstić information content (AvgIpc) is 2.60. The Morgan fingerprint density at radius 2 is 1.75 bits per heavy atom. The molecule has 1 amide bonds. The van der Waals surface area contributed by atoms with Gasteiger partial charge in [0.1, 0.15) is 5.60 Å². The molecule has 142 valence electrons. The molecule has 1 saturated heterocycles. The highest BCUT2D eigenvalue weighted by Gasteiger charge is 2.45. The molecular formula is C15H31NO6SSi. The van der Waals surface area contributed by atoms with Crippen molar-refractivity contribution in [2.24, 2.45) is 0 Å². The molecule has 0 aromatic carbocycles. The fourth-order valence-corrected chi connectivity index (χ4v) is 4.14. The molecule has 24 heavy (non-hydrogen) atoms. The molecule has 0 spiro atoms. The summed E-state index contributed by atoms with van der Waals surface area (Å²) >= 11 is 0. The number of amides is 1. The fourth-order valence-electron chi connectivity index (χ4n) is 1.89. The van der Waals surface area contributed by atoms with Gasteiger partial charge in [-0.05, 0) is 45.3 Å². The van der Waals surface area contributed by atoms with Gasteiger partial charge in [0.25, 0.3) is 0 Å². The number of carbonyl (C=O) groups is 1. The molecule has 1 heterocycles. The maximum absolute atomic E-state index is 12.2. The van der Waals surface area contributed by atoms with Gasteiger partial charge in [-0.2, -0.15) is 12.7 Å². The quantitative estimate of drug-likeness (QED) is 0.695. The molecule has 7 nitrogen and oxygen atoms in total. The minimum Gasteiger partial charge on any atom is -0.443 e. The predicted molar refractivity (Wildman–Crippen MR) is 94.5 cm³/mol. The summed E-state index contributed by atoms with van der Waals surface area (Å²) in [4.78, 5) is 12.2. The summed E-state index contributed by atoms with van der Waals surface area (Å²) in [5, 5.41) is 0.0656. The van der Waals surface area contributed by atoms with E-state index in [-0.39, 0.29) is 11.6 Å². The van der Waals surface area contributed by atoms with Crippen molar-refractivity contribution in [2.75, 3.05) is 13.2 Å². The zero-order valence-electron chi connectivity index (χ0n) is 16.0. The van der Waals surface area contributed by atoms with Crippen LogP contribution in [0, 0.1) is 0 Å². The molecule has 0 saturated carbocycles. The number of nitrogens with zero attached hydrogens (tertiary/aromatic N) is 1. The lowest BCUT2D eigenvalue weighted by Gasteiger charge is -2.36. The molecular weight excluding hydrogens is 350 g/mol. The van der Waals surface area contributed by atoms with E-state index in [4.69, 9.17) is 13.3 Å². The summed E-state index contributed by atoms with van der Waals surface area (Å²) < 4.78 is 40.7. The van der Waals surface area contributed by atoms with Gasteiger partial charge in [0.05, 0.1) is 12.6 Å². The van der Waals surface area contributed by atoms with Crippen molar-refractivity contribution in [3.63, 3.8) is 0 Å². The van der Waals surface area contributed by atoms with E-state index >= 15 is 0 Å². The van der Waals surface area contributed by atoms with Crippen LogP contribution >= 0.6 is 0 Å². The highest BCUT2D eigenvalue weighted by atomic mass is 32.2. The second-order valence-electron chi connectivity index (χ2n) is 8.57. The molecule has 1 rings (SSSR count). The first-order chi connectivity index (χ1) is 10.6. The Morgan fingerprint density at radius 1 is 1.21 bits per heavy atom. The molecule has 0 bridgehead atoms. The summed E-state index contributed by atoms with van der Waals surface area (Å²) in [6.07, 6.45) is -0.525. The number of ether oxygens (including phenoxy) is 1. The maximum atomic E-state index is 12.2. The lowest BCUT2D eigenvalue weighted by molar-refractivity contribution is 0.0345. The molecule has 1 aliphatic rings. The van der Waals surface area contributed by atoms with Crippen molar-refractivity contribution in [3.05, 3.63) is 0 Å². The number of hydrogen-bond donors (Lipinski definition) is 0. The van der Waals surface area contributed by atoms with Crippen molar-refractivity contribution in [1.29, 1.82) is 0 Å². The second kappa shape index (κ2) is 6.93. The van der Waals surface area contributed by atoms with Gasteiger partial charge in [0.2, 0.25) is 0 Å². The number of rotatable bonds is 4. The monoisotopic (exact) mass is 381 g/mol. The molecule has 0 unspecified atom stereocenters. The van der Waals surface area contributed by atoms with Gasteiger partial charge in [-0.3, -0.25) is 4.18 Å². The van der Waals surface area contributed by atoms with Gasteiger partial charge in [-0.25, -0.2) is 4.79 Å². The normalized spacial score (nSPS) is 21.8. The Balaban J connectivity index is 2.75. The minimum absolute atomic E-state index is 0.0656. The van der Waals surface area contributed by atoms with Crippen LogP contribution in [0.4, 0.5) is 4.79 Å². The fraction of sp³-hybridized carbons (Fsp3) is 0.933. The molecule has 1 fully saturated rings. The first kappa shape index (κ1) is 21.4. The van der Waals surface area contributed by atoms with Crippen LogP contribution in [0.5, 0.6) is 0 Å². The Bertz CT molecular complexity index is 561. The predicted octanol–water partition coefficient (Wildman–Crippen LogP) is 3.28. The van der Waals surface area contributed by atoms with Gasteiger partial charge in [0, 0.05) is 6.61 Å². The first-order valence-corrected chi connectivity index (χ1v) is 12.4. The molecule has 0 aliphatic carbocycles. The third kappa shape index (κ3) is 5.43. The van der Waals surface area contributed by atoms with E-state index in [0.29, 0.717) is 17.3 Å². The van der Waals surface area contributed by atoms with Crippen molar-refractivity contribution in [3.8, 4) is 0 Å². The maximum Gasteiger partial charge on any atom is 0.426 e. The molecule has 0 aromatic rings. The molecule has 0 radical (unpaired) electrons. The molecule has 1 atom stereocenters. The SMILES string of the molecule is CC(C)(C)OC(=O)N1[C@@H](CCO[Si](C)(C)C(C)(C)C)COS1(=O)=O. The standard InChI is InChI=1S/C15H31NO6SSi/c1-14(2,3)22-13(17)16-12(11-20-23(16,18)19)9-10-21-24(7,8)15(4,5)6/h12H,9-11H2,1-8H3/t12-/m0/s1. The van der Waals surface area contributed by atoms with Crippen LogP contribution in [0.15, 0.2) is 0 Å². The Kier molecular flexibility index (Phi) is 6.18. The zero-order valence-corrected chi connectivity index (χ0v) is 17.8. The topological polar surface area (TPSA) is 82.1 Å². The summed E-state index contributed by atoms with van der Waals surface area (Å²) in [6, 6.07) is -0.602. The average molecular weight is 382 g/mol. The molecule has 0 aromatic heterocycles. The van der Waals surface area contributed by atoms with E-state index < -0.39 is 36.4 Å². The van der Waals surface area contributed by atoms with Crippen LogP contribution in [-0.2, 0) is 23.7 Å². The van der Waals surface area contributed by atoms with Crippen LogP contribution < -0.4 is 0 Å². The lowest BCUT2D eigenvalue weighted by atomic mass is 10.2. The van der Waals surface area contributed by atoms with Crippen molar-refractivity contribution >= 4 is 24.7 Å². The summed E-state index contributed by atoms with van der Waals surface area (Å²) in [5.74, 6) is 0. The molecule has 1 aliphatic heterocycles. The second-order valence-corrected chi connectivity index (χ2v) is 14.9. The summed E-state index contributed by atoms with van der Waals surface area (Å²) in [6.45, 7) is 16.0. The van der Waals surface area contributed by atoms with Crippen molar-refractivity contribution in [1.82, 2.24) is 4.31 Å². The van der Waals surface area contributed by atoms with Gasteiger partial charge < -0.3 is 9.16 Å². The van der Waals surface area contributed by atoms with Crippen LogP contribution in [0.1, 0.15) is 48.0 Å². The lowest BCUT2D eigenvalue weighted by Crippen LogP contribution is -2.45. The van der Waals surface area contributed by atoms with Gasteiger partial charge in [-0.1, -0.05) is 20.8 Å². The Labute approximate surface area is 147 Å². The highest BCUT2D eigenvalue weighted by molar-refractivity contribution is 7.85. The van der Waals surface area contributed by atoms with E-state index in [0.717, 1.165) is 0 Å². The summed E-state index contributed by atoms with van der Waals surface area (Å²) in [7, 11) is -6.01. The van der Waals surface area contributed by atoms with Crippen LogP contribution in [0.2, 0.25) is 18.1 Å². The van der Waals surface area contributed by atoms with Crippen LogP contribution in [-0.4, -0.2) is 52.0 Å². The van der Waals surface area contributed by atoms with E-state index in [1.807, 2.05) is 0 Å². The highest BCUT2D eigenvalue weighted by Crippen LogP contribution is 2.36. The third-order valence-corrected chi connectivity index (χ3v) is 10.2. The van der Waals surface area contributed by atoms with Crippen molar-refractivity contribution in [2.45, 2.75) is 77.7 Å². The van der Waals surface area contributed by atoms with Crippen LogP contribution in [0.25, 0.3) is 0 Å². The van der Waals surface area contributed by atoms with Crippen LogP contribution in [0.3, 0.4) is 0 Å². The van der Waals surface area contributed by atoms with E-state index in [9.17, 15) is 13.2 Å². The Morgan fingerprint density at radius 3 is 2.21 bits per heavy atom. The van der Waals surface area contributed by atoms with E-state index in [2.05, 4.69) is 33.9 Å². The minimum atomic E-state index is -4.09. The van der Waals surface area contributed by atoms with Gasteiger partial charge in [0.15, 0.2) is 8.32 Å². The number of carbonyl (C=O) groups excluding carboxylic acids is 1. The molecule has 0 N–H and O–H groups in total. The smallest absolute Gasteiger partial charge is 0.426 e. The molecule has 9 heteroatoms. The summed E-state index contributed by atoms with van der Waals surface area (Å²) in [5.41, 5.74) is -0.780. The van der Waals surface area contributed by atoms with E-state index in [1.165, 1.54) is 0 Å². The van der Waals surface area contributed by atoms with E-state index in [1.54, 1.807) is 20.8 Å². The number of hydrogen-bond acceptors (Lipinski definition) is 6. The largest absolute Gasteiger partial charge is 0.443 e. The third-order valence-electron chi connectivity index (χ3n) is 4.28. The van der Waals surface area contributed by atoms with Crippen molar-refractivity contribution < 1.29 is 26.6 Å². The zero-order chi connectivity index (χ0) is 19.0. The first-order valence-electron chi connectivity index (χ1n) is 8.12. The van der Waals surface area contributed by atoms with Gasteiger partial charge in [-0.15, -0.1) is 0 Å². The van der Waals surface area contributed by atoms with Gasteiger partial charge >= 0.3 is 16.4 Å². The Hall–Kier alpha value is -0.643.